The van der Waals surface area contributed by atoms with Gasteiger partial charge in [0.1, 0.15) is 17.4 Å². The van der Waals surface area contributed by atoms with Crippen LogP contribution in [0.2, 0.25) is 0 Å². The van der Waals surface area contributed by atoms with Crippen LogP contribution in [0.1, 0.15) is 71.2 Å². The summed E-state index contributed by atoms with van der Waals surface area (Å²) >= 11 is 0. The van der Waals surface area contributed by atoms with Gasteiger partial charge in [-0.15, -0.1) is 0 Å². The van der Waals surface area contributed by atoms with Crippen LogP contribution in [-0.4, -0.2) is 46.3 Å². The molecule has 0 unspecified atom stereocenters. The van der Waals surface area contributed by atoms with Gasteiger partial charge in [-0.25, -0.2) is 9.97 Å². The SMILES string of the molecule is C=C(C)C/C1=C(\C=N/C)c2ncc(-c3cc(CC(=C)CCC)cn3C)c(n2)NC(=N)/C=C(\CC)O[C@@H](C)CCO1. The average Bonchev–Trinajstić information content (AvgIpc) is 3.24. The molecular weight excluding hydrogens is 500 g/mol. The Morgan fingerprint density at radius 2 is 2.08 bits per heavy atom. The Labute approximate surface area is 239 Å². The largest absolute Gasteiger partial charge is 0.497 e. The second-order valence-corrected chi connectivity index (χ2v) is 10.4. The second-order valence-electron chi connectivity index (χ2n) is 10.4. The molecule has 8 heteroatoms. The van der Waals surface area contributed by atoms with Crippen LogP contribution in [0, 0.1) is 5.41 Å². The van der Waals surface area contributed by atoms with Gasteiger partial charge in [-0.3, -0.25) is 10.4 Å². The zero-order valence-electron chi connectivity index (χ0n) is 24.9. The molecule has 214 valence electrons. The minimum absolute atomic E-state index is 0.0785. The third kappa shape index (κ3) is 8.28. The Kier molecular flexibility index (Phi) is 11.1. The van der Waals surface area contributed by atoms with Crippen molar-refractivity contribution >= 4 is 23.4 Å². The number of fused-ring (bicyclic) bond motifs is 2. The van der Waals surface area contributed by atoms with Crippen molar-refractivity contribution in [2.75, 3.05) is 19.0 Å². The number of aryl methyl sites for hydroxylation is 1. The van der Waals surface area contributed by atoms with Gasteiger partial charge in [0.2, 0.25) is 0 Å². The molecule has 2 aromatic heterocycles. The predicted molar refractivity (Wildman–Crippen MR) is 166 cm³/mol. The first-order chi connectivity index (χ1) is 19.1. The van der Waals surface area contributed by atoms with Crippen LogP contribution >= 0.6 is 0 Å². The van der Waals surface area contributed by atoms with Crippen molar-refractivity contribution in [3.05, 3.63) is 71.7 Å². The first kappa shape index (κ1) is 30.6. The molecular formula is C32H44N6O2. The lowest BCUT2D eigenvalue weighted by Crippen LogP contribution is -2.17. The van der Waals surface area contributed by atoms with Gasteiger partial charge < -0.3 is 19.4 Å². The topological polar surface area (TPSA) is 97.4 Å². The maximum absolute atomic E-state index is 8.75. The van der Waals surface area contributed by atoms with E-state index in [0.29, 0.717) is 48.8 Å². The van der Waals surface area contributed by atoms with Crippen LogP contribution in [0.15, 0.2) is 65.4 Å². The first-order valence-electron chi connectivity index (χ1n) is 14.0. The summed E-state index contributed by atoms with van der Waals surface area (Å²) in [7, 11) is 3.72. The lowest BCUT2D eigenvalue weighted by Gasteiger charge is -2.20. The maximum atomic E-state index is 8.75. The summed E-state index contributed by atoms with van der Waals surface area (Å²) in [5.41, 5.74) is 5.75. The second kappa shape index (κ2) is 14.4. The normalized spacial score (nSPS) is 19.7. The van der Waals surface area contributed by atoms with Crippen molar-refractivity contribution in [3.63, 3.8) is 0 Å². The van der Waals surface area contributed by atoms with E-state index in [1.807, 2.05) is 27.8 Å². The number of allylic oxidation sites excluding steroid dienone is 4. The molecule has 0 saturated carbocycles. The number of hydrogen-bond donors (Lipinski definition) is 2. The summed E-state index contributed by atoms with van der Waals surface area (Å²) in [6.07, 6.45) is 12.1. The molecule has 0 spiro atoms. The minimum atomic E-state index is -0.0785. The molecule has 1 aliphatic heterocycles. The number of hydrogen-bond acceptors (Lipinski definition) is 6. The van der Waals surface area contributed by atoms with Crippen LogP contribution in [-0.2, 0) is 22.9 Å². The van der Waals surface area contributed by atoms with E-state index < -0.39 is 0 Å². The molecule has 0 saturated heterocycles. The van der Waals surface area contributed by atoms with Crippen LogP contribution in [0.3, 0.4) is 0 Å². The Morgan fingerprint density at radius 3 is 2.75 bits per heavy atom. The maximum Gasteiger partial charge on any atom is 0.166 e. The summed E-state index contributed by atoms with van der Waals surface area (Å²) in [4.78, 5) is 14.0. The molecule has 3 rings (SSSR count). The first-order valence-corrected chi connectivity index (χ1v) is 14.0. The zero-order chi connectivity index (χ0) is 29.2. The Balaban J connectivity index is 2.19. The highest BCUT2D eigenvalue weighted by atomic mass is 16.5. The van der Waals surface area contributed by atoms with Gasteiger partial charge in [0.25, 0.3) is 0 Å². The monoisotopic (exact) mass is 544 g/mol. The van der Waals surface area contributed by atoms with E-state index in [-0.39, 0.29) is 11.9 Å². The molecule has 0 aliphatic carbocycles. The van der Waals surface area contributed by atoms with E-state index in [0.717, 1.165) is 41.9 Å². The predicted octanol–water partition coefficient (Wildman–Crippen LogP) is 7.27. The standard InChI is InChI=1S/C32H44N6O2/c1-9-11-22(5)15-24-16-28(38(8)20-24)26-19-35-31-27(18-34-7)29(14-21(3)4)39-13-12-23(6)40-25(10-2)17-30(33)36-32(26)37-31/h16-20,23H,3,5,9-15H2,1-2,4,6-8H3,(H2,33,35,36,37)/b25-17+,29-27-,34-18-/t23-/m0/s1. The molecule has 3 heterocycles. The highest BCUT2D eigenvalue weighted by Crippen LogP contribution is 2.31. The number of nitrogens with one attached hydrogen (secondary N) is 2. The quantitative estimate of drug-likeness (QED) is 0.256. The van der Waals surface area contributed by atoms with Crippen molar-refractivity contribution < 1.29 is 9.47 Å². The van der Waals surface area contributed by atoms with Gasteiger partial charge in [-0.1, -0.05) is 44.6 Å². The summed E-state index contributed by atoms with van der Waals surface area (Å²) in [5.74, 6) is 2.60. The summed E-state index contributed by atoms with van der Waals surface area (Å²) < 4.78 is 14.5. The van der Waals surface area contributed by atoms with Gasteiger partial charge in [0, 0.05) is 58.0 Å². The highest BCUT2D eigenvalue weighted by molar-refractivity contribution is 6.10. The van der Waals surface area contributed by atoms with Gasteiger partial charge in [-0.05, 0) is 38.3 Å². The molecule has 1 aliphatic rings. The number of aliphatic imine (C=N–C) groups is 1. The van der Waals surface area contributed by atoms with E-state index in [4.69, 9.17) is 24.9 Å². The number of ether oxygens (including phenoxy) is 2. The Bertz CT molecular complexity index is 1330. The fourth-order valence-electron chi connectivity index (χ4n) is 4.61. The van der Waals surface area contributed by atoms with Crippen LogP contribution in [0.5, 0.6) is 0 Å². The zero-order valence-corrected chi connectivity index (χ0v) is 24.9. The minimum Gasteiger partial charge on any atom is -0.497 e. The van der Waals surface area contributed by atoms with E-state index in [1.165, 1.54) is 11.1 Å². The molecule has 0 radical (unpaired) electrons. The van der Waals surface area contributed by atoms with Crippen molar-refractivity contribution in [1.29, 1.82) is 5.41 Å². The molecule has 0 fully saturated rings. The molecule has 40 heavy (non-hydrogen) atoms. The van der Waals surface area contributed by atoms with E-state index >= 15 is 0 Å². The van der Waals surface area contributed by atoms with Gasteiger partial charge in [-0.2, -0.15) is 0 Å². The highest BCUT2D eigenvalue weighted by Gasteiger charge is 2.20. The number of anilines is 1. The van der Waals surface area contributed by atoms with Gasteiger partial charge in [0.05, 0.1) is 35.3 Å². The average molecular weight is 545 g/mol. The number of nitrogens with zero attached hydrogens (tertiary/aromatic N) is 4. The van der Waals surface area contributed by atoms with Crippen molar-refractivity contribution in [2.45, 2.75) is 72.3 Å². The van der Waals surface area contributed by atoms with Crippen molar-refractivity contribution in [2.24, 2.45) is 12.0 Å². The lowest BCUT2D eigenvalue weighted by atomic mass is 10.0. The van der Waals surface area contributed by atoms with Gasteiger partial charge in [0.15, 0.2) is 5.82 Å². The van der Waals surface area contributed by atoms with Crippen molar-refractivity contribution in [1.82, 2.24) is 14.5 Å². The molecule has 2 aromatic rings. The Hall–Kier alpha value is -3.94. The van der Waals surface area contributed by atoms with E-state index in [2.05, 4.69) is 47.2 Å². The van der Waals surface area contributed by atoms with Crippen LogP contribution < -0.4 is 5.32 Å². The Morgan fingerprint density at radius 1 is 1.30 bits per heavy atom. The number of rotatable bonds is 9. The summed E-state index contributed by atoms with van der Waals surface area (Å²) in [5, 5.41) is 12.0. The lowest BCUT2D eigenvalue weighted by molar-refractivity contribution is 0.0880. The van der Waals surface area contributed by atoms with Crippen LogP contribution in [0.4, 0.5) is 5.82 Å². The molecule has 2 bridgehead atoms. The fraction of sp³-hybridized carbons (Fsp3) is 0.438. The smallest absolute Gasteiger partial charge is 0.166 e. The molecule has 1 atom stereocenters. The molecule has 2 N–H and O–H groups in total. The molecule has 8 nitrogen and oxygen atoms in total. The van der Waals surface area contributed by atoms with Crippen LogP contribution in [0.25, 0.3) is 16.8 Å². The summed E-state index contributed by atoms with van der Waals surface area (Å²) in [6, 6.07) is 2.14. The third-order valence-corrected chi connectivity index (χ3v) is 6.51. The number of aromatic nitrogens is 3. The van der Waals surface area contributed by atoms with E-state index in [1.54, 1.807) is 25.5 Å². The fourth-order valence-corrected chi connectivity index (χ4v) is 4.61. The molecule has 0 aromatic carbocycles. The third-order valence-electron chi connectivity index (χ3n) is 6.51. The number of amidine groups is 1. The summed E-state index contributed by atoms with van der Waals surface area (Å²) in [6.45, 7) is 16.9. The molecule has 0 amide bonds. The van der Waals surface area contributed by atoms with E-state index in [9.17, 15) is 0 Å². The van der Waals surface area contributed by atoms with Gasteiger partial charge >= 0.3 is 0 Å². The van der Waals surface area contributed by atoms with Crippen molar-refractivity contribution in [3.8, 4) is 11.3 Å².